The number of rotatable bonds is 10. The zero-order valence-electron chi connectivity index (χ0n) is 24.4. The lowest BCUT2D eigenvalue weighted by molar-refractivity contribution is 0.0716. The molecular weight excluding hydrogens is 553 g/mol. The van der Waals surface area contributed by atoms with Gasteiger partial charge in [0.2, 0.25) is 0 Å². The van der Waals surface area contributed by atoms with E-state index in [2.05, 4.69) is 5.10 Å². The zero-order chi connectivity index (χ0) is 30.3. The fraction of sp³-hybridized carbons (Fsp3) is 0.216. The van der Waals surface area contributed by atoms with Crippen LogP contribution in [0, 0.1) is 5.82 Å². The lowest BCUT2D eigenvalue weighted by Gasteiger charge is -2.29. The number of benzene rings is 4. The second kappa shape index (κ2) is 13.5. The van der Waals surface area contributed by atoms with Gasteiger partial charge in [0, 0.05) is 18.5 Å². The van der Waals surface area contributed by atoms with Gasteiger partial charge in [0.05, 0.1) is 12.7 Å². The molecule has 1 saturated heterocycles. The maximum absolute atomic E-state index is 14.3. The molecule has 1 fully saturated rings. The molecule has 7 heteroatoms. The summed E-state index contributed by atoms with van der Waals surface area (Å²) in [6, 6.07) is 35.8. The molecule has 2 atom stereocenters. The van der Waals surface area contributed by atoms with E-state index in [1.807, 2.05) is 97.1 Å². The Hall–Kier alpha value is -5.04. The largest absolute Gasteiger partial charge is 0.483 e. The van der Waals surface area contributed by atoms with Crippen LogP contribution in [0.15, 0.2) is 126 Å². The number of carbonyl (C=O) groups excluding carboxylic acids is 1. The standard InChI is InChI=1S/C37H34FN3O3/c38-31-19-10-18-30(22-31)33(29-16-8-3-9-17-29)23-32-20-11-21-41(32)37(43)35-36(42)34(44-26-28-14-6-2-7-15-28)25-40(39-35)24-27-12-4-1-5-13-27/h1-10,12-19,22,25,32-33H,11,20-21,23-24,26H2/t32-,33+/m0/s1. The fourth-order valence-corrected chi connectivity index (χ4v) is 5.97. The van der Waals surface area contributed by atoms with Crippen LogP contribution >= 0.6 is 0 Å². The second-order valence-corrected chi connectivity index (χ2v) is 11.2. The molecule has 1 amide bonds. The van der Waals surface area contributed by atoms with Crippen LogP contribution in [0.1, 0.15) is 57.9 Å². The summed E-state index contributed by atoms with van der Waals surface area (Å²) in [5.41, 5.74) is 3.13. The molecule has 1 aromatic heterocycles. The van der Waals surface area contributed by atoms with E-state index in [0.29, 0.717) is 19.5 Å². The Morgan fingerprint density at radius 2 is 1.52 bits per heavy atom. The molecule has 0 saturated carbocycles. The summed E-state index contributed by atoms with van der Waals surface area (Å²) < 4.78 is 21.9. The minimum Gasteiger partial charge on any atom is -0.483 e. The zero-order valence-corrected chi connectivity index (χ0v) is 24.4. The van der Waals surface area contributed by atoms with Crippen LogP contribution in [0.4, 0.5) is 4.39 Å². The average Bonchev–Trinajstić information content (AvgIpc) is 3.53. The third-order valence-electron chi connectivity index (χ3n) is 8.16. The first kappa shape index (κ1) is 29.1. The molecule has 0 unspecified atom stereocenters. The molecule has 1 aliphatic rings. The van der Waals surface area contributed by atoms with Gasteiger partial charge >= 0.3 is 0 Å². The number of ether oxygens (including phenoxy) is 1. The maximum atomic E-state index is 14.3. The molecule has 6 nitrogen and oxygen atoms in total. The van der Waals surface area contributed by atoms with E-state index >= 15 is 0 Å². The number of amides is 1. The van der Waals surface area contributed by atoms with E-state index in [-0.39, 0.29) is 35.8 Å². The Morgan fingerprint density at radius 3 is 2.23 bits per heavy atom. The highest BCUT2D eigenvalue weighted by molar-refractivity contribution is 5.92. The van der Waals surface area contributed by atoms with Crippen molar-refractivity contribution < 1.29 is 13.9 Å². The maximum Gasteiger partial charge on any atom is 0.278 e. The Labute approximate surface area is 256 Å². The van der Waals surface area contributed by atoms with Gasteiger partial charge in [-0.1, -0.05) is 103 Å². The molecule has 0 N–H and O–H groups in total. The summed E-state index contributed by atoms with van der Waals surface area (Å²) in [7, 11) is 0. The second-order valence-electron chi connectivity index (χ2n) is 11.2. The molecule has 5 aromatic rings. The molecule has 1 aliphatic heterocycles. The van der Waals surface area contributed by atoms with Crippen LogP contribution in [0.2, 0.25) is 0 Å². The topological polar surface area (TPSA) is 64.4 Å². The van der Waals surface area contributed by atoms with Crippen LogP contribution in [-0.2, 0) is 13.2 Å². The molecule has 2 heterocycles. The van der Waals surface area contributed by atoms with E-state index in [9.17, 15) is 14.0 Å². The van der Waals surface area contributed by atoms with Crippen molar-refractivity contribution in [1.82, 2.24) is 14.7 Å². The van der Waals surface area contributed by atoms with Crippen LogP contribution < -0.4 is 10.2 Å². The van der Waals surface area contributed by atoms with Gasteiger partial charge < -0.3 is 9.64 Å². The third-order valence-corrected chi connectivity index (χ3v) is 8.16. The summed E-state index contributed by atoms with van der Waals surface area (Å²) >= 11 is 0. The molecule has 0 bridgehead atoms. The SMILES string of the molecule is O=C(c1nn(Cc2ccccc2)cc(OCc2ccccc2)c1=O)N1CCC[C@H]1C[C@H](c1ccccc1)c1cccc(F)c1. The van der Waals surface area contributed by atoms with Crippen molar-refractivity contribution in [3.05, 3.63) is 165 Å². The van der Waals surface area contributed by atoms with Crippen molar-refractivity contribution in [3.8, 4) is 5.75 Å². The monoisotopic (exact) mass is 587 g/mol. The van der Waals surface area contributed by atoms with E-state index in [4.69, 9.17) is 4.74 Å². The lowest BCUT2D eigenvalue weighted by Crippen LogP contribution is -2.40. The smallest absolute Gasteiger partial charge is 0.278 e. The number of hydrogen-bond acceptors (Lipinski definition) is 4. The number of aromatic nitrogens is 2. The molecule has 222 valence electrons. The Kier molecular flexibility index (Phi) is 8.92. The fourth-order valence-electron chi connectivity index (χ4n) is 5.97. The minimum absolute atomic E-state index is 0.0841. The molecule has 0 radical (unpaired) electrons. The van der Waals surface area contributed by atoms with Crippen LogP contribution in [-0.4, -0.2) is 33.2 Å². The van der Waals surface area contributed by atoms with Gasteiger partial charge in [-0.15, -0.1) is 0 Å². The van der Waals surface area contributed by atoms with Gasteiger partial charge in [0.25, 0.3) is 11.3 Å². The van der Waals surface area contributed by atoms with E-state index in [1.54, 1.807) is 27.9 Å². The van der Waals surface area contributed by atoms with Gasteiger partial charge in [-0.25, -0.2) is 4.39 Å². The van der Waals surface area contributed by atoms with Gasteiger partial charge in [-0.05, 0) is 53.6 Å². The number of hydrogen-bond donors (Lipinski definition) is 0. The van der Waals surface area contributed by atoms with Crippen molar-refractivity contribution in [2.24, 2.45) is 0 Å². The lowest BCUT2D eigenvalue weighted by atomic mass is 9.85. The predicted molar refractivity (Wildman–Crippen MR) is 168 cm³/mol. The van der Waals surface area contributed by atoms with Crippen molar-refractivity contribution >= 4 is 5.91 Å². The Morgan fingerprint density at radius 1 is 0.864 bits per heavy atom. The molecule has 0 aliphatic carbocycles. The van der Waals surface area contributed by atoms with Crippen molar-refractivity contribution in [1.29, 1.82) is 0 Å². The first-order chi connectivity index (χ1) is 21.5. The summed E-state index contributed by atoms with van der Waals surface area (Å²) in [6.45, 7) is 1.09. The minimum atomic E-state index is -0.523. The summed E-state index contributed by atoms with van der Waals surface area (Å²) in [6.07, 6.45) is 3.77. The molecular formula is C37H34FN3O3. The van der Waals surface area contributed by atoms with Crippen LogP contribution in [0.3, 0.4) is 0 Å². The number of carbonyl (C=O) groups is 1. The van der Waals surface area contributed by atoms with Gasteiger partial charge in [0.15, 0.2) is 11.4 Å². The van der Waals surface area contributed by atoms with E-state index < -0.39 is 11.3 Å². The number of halogens is 1. The Balaban J connectivity index is 1.31. The first-order valence-electron chi connectivity index (χ1n) is 15.0. The van der Waals surface area contributed by atoms with Crippen LogP contribution in [0.25, 0.3) is 0 Å². The highest BCUT2D eigenvalue weighted by Gasteiger charge is 2.34. The van der Waals surface area contributed by atoms with Crippen molar-refractivity contribution in [3.63, 3.8) is 0 Å². The van der Waals surface area contributed by atoms with Crippen molar-refractivity contribution in [2.45, 2.75) is 44.4 Å². The van der Waals surface area contributed by atoms with Gasteiger partial charge in [-0.3, -0.25) is 14.3 Å². The first-order valence-corrected chi connectivity index (χ1v) is 15.0. The third kappa shape index (κ3) is 6.78. The van der Waals surface area contributed by atoms with E-state index in [1.165, 1.54) is 6.07 Å². The van der Waals surface area contributed by atoms with Crippen molar-refractivity contribution in [2.75, 3.05) is 6.54 Å². The molecule has 6 rings (SSSR count). The summed E-state index contributed by atoms with van der Waals surface area (Å²) in [4.78, 5) is 29.6. The molecule has 4 aromatic carbocycles. The number of likely N-dealkylation sites (tertiary alicyclic amines) is 1. The predicted octanol–water partition coefficient (Wildman–Crippen LogP) is 6.84. The molecule has 44 heavy (non-hydrogen) atoms. The van der Waals surface area contributed by atoms with Gasteiger partial charge in [0.1, 0.15) is 12.4 Å². The quantitative estimate of drug-likeness (QED) is 0.180. The Bertz CT molecular complexity index is 1760. The van der Waals surface area contributed by atoms with Crippen LogP contribution in [0.5, 0.6) is 5.75 Å². The van der Waals surface area contributed by atoms with Gasteiger partial charge in [-0.2, -0.15) is 5.10 Å². The number of nitrogens with zero attached hydrogens (tertiary/aromatic N) is 3. The highest BCUT2D eigenvalue weighted by atomic mass is 19.1. The molecule has 0 spiro atoms. The average molecular weight is 588 g/mol. The normalized spacial score (nSPS) is 15.2. The summed E-state index contributed by atoms with van der Waals surface area (Å²) in [5, 5.41) is 4.55. The van der Waals surface area contributed by atoms with E-state index in [0.717, 1.165) is 35.1 Å². The summed E-state index contributed by atoms with van der Waals surface area (Å²) in [5.74, 6) is -0.733. The highest BCUT2D eigenvalue weighted by Crippen LogP contribution is 2.34.